The number of likely N-dealkylation sites (tertiary alicyclic amines) is 1. The van der Waals surface area contributed by atoms with E-state index < -0.39 is 11.9 Å². The number of piperazine rings is 1. The van der Waals surface area contributed by atoms with Gasteiger partial charge in [0.05, 0.1) is 5.52 Å². The number of pyridine rings is 1. The van der Waals surface area contributed by atoms with Crippen LogP contribution in [0.15, 0.2) is 60.7 Å². The number of carbonyl (C=O) groups is 1. The lowest BCUT2D eigenvalue weighted by atomic mass is 9.78. The van der Waals surface area contributed by atoms with E-state index in [1.807, 2.05) is 18.2 Å². The summed E-state index contributed by atoms with van der Waals surface area (Å²) >= 11 is 0. The van der Waals surface area contributed by atoms with Gasteiger partial charge in [-0.2, -0.15) is 13.2 Å². The Morgan fingerprint density at radius 1 is 0.949 bits per heavy atom. The Hall–Kier alpha value is -3.33. The van der Waals surface area contributed by atoms with Crippen LogP contribution in [0.5, 0.6) is 0 Å². The quantitative estimate of drug-likeness (QED) is 0.390. The van der Waals surface area contributed by atoms with Crippen LogP contribution in [0.3, 0.4) is 0 Å². The van der Waals surface area contributed by atoms with Crippen molar-refractivity contribution in [1.82, 2.24) is 14.8 Å². The number of fused-ring (bicyclic) bond motifs is 1. The van der Waals surface area contributed by atoms with E-state index in [2.05, 4.69) is 39.0 Å². The van der Waals surface area contributed by atoms with Gasteiger partial charge in [-0.25, -0.2) is 9.78 Å². The molecule has 0 spiro atoms. The van der Waals surface area contributed by atoms with Crippen LogP contribution in [0.4, 0.5) is 23.7 Å². The minimum atomic E-state index is -4.48. The molecule has 3 aromatic rings. The first-order chi connectivity index (χ1) is 18.8. The van der Waals surface area contributed by atoms with E-state index in [0.29, 0.717) is 49.2 Å². The van der Waals surface area contributed by atoms with Crippen molar-refractivity contribution in [1.29, 1.82) is 0 Å². The molecule has 6 nitrogen and oxygen atoms in total. The third-order valence-electron chi connectivity index (χ3n) is 8.27. The van der Waals surface area contributed by atoms with Crippen molar-refractivity contribution < 1.29 is 18.0 Å². The first kappa shape index (κ1) is 27.2. The maximum Gasteiger partial charge on any atom is 0.433 e. The minimum absolute atomic E-state index is 0.339. The number of halogens is 3. The molecular weight excluding hydrogens is 503 g/mol. The molecule has 2 atom stereocenters. The van der Waals surface area contributed by atoms with Gasteiger partial charge in [0.2, 0.25) is 0 Å². The highest BCUT2D eigenvalue weighted by Gasteiger charge is 2.34. The topological polar surface area (TPSA) is 65.7 Å². The number of anilines is 1. The molecule has 5 rings (SSSR count). The minimum Gasteiger partial charge on any atom is -0.368 e. The van der Waals surface area contributed by atoms with E-state index in [-0.39, 0.29) is 6.03 Å². The molecule has 0 saturated carbocycles. The van der Waals surface area contributed by atoms with Crippen LogP contribution < -0.4 is 10.6 Å². The fraction of sp³-hybridized carbons (Fsp3) is 0.467. The second-order valence-electron chi connectivity index (χ2n) is 10.7. The van der Waals surface area contributed by atoms with Crippen molar-refractivity contribution >= 4 is 22.6 Å². The second kappa shape index (κ2) is 11.8. The Bertz CT molecular complexity index is 1260. The number of piperidine rings is 1. The molecule has 2 N–H and O–H groups in total. The van der Waals surface area contributed by atoms with E-state index >= 15 is 0 Å². The van der Waals surface area contributed by atoms with Gasteiger partial charge < -0.3 is 15.5 Å². The van der Waals surface area contributed by atoms with Gasteiger partial charge in [0, 0.05) is 50.3 Å². The normalized spacial score (nSPS) is 20.9. The first-order valence-corrected chi connectivity index (χ1v) is 13.8. The lowest BCUT2D eigenvalue weighted by Gasteiger charge is -2.39. The van der Waals surface area contributed by atoms with Crippen molar-refractivity contribution in [2.24, 2.45) is 11.7 Å². The summed E-state index contributed by atoms with van der Waals surface area (Å²) in [5, 5.41) is 0.754. The number of carbonyl (C=O) groups excluding carboxylic acids is 1. The van der Waals surface area contributed by atoms with Crippen molar-refractivity contribution in [2.45, 2.75) is 37.8 Å². The molecule has 3 heterocycles. The number of unbranched alkanes of at least 4 members (excludes halogenated alkanes) is 1. The van der Waals surface area contributed by atoms with Crippen molar-refractivity contribution in [3.8, 4) is 0 Å². The van der Waals surface area contributed by atoms with E-state index in [4.69, 9.17) is 5.73 Å². The smallest absolute Gasteiger partial charge is 0.368 e. The predicted octanol–water partition coefficient (Wildman–Crippen LogP) is 5.73. The van der Waals surface area contributed by atoms with Crippen LogP contribution >= 0.6 is 0 Å². The number of amides is 2. The number of alkyl halides is 3. The Morgan fingerprint density at radius 3 is 2.38 bits per heavy atom. The van der Waals surface area contributed by atoms with Gasteiger partial charge in [-0.15, -0.1) is 0 Å². The van der Waals surface area contributed by atoms with Gasteiger partial charge >= 0.3 is 12.2 Å². The summed E-state index contributed by atoms with van der Waals surface area (Å²) in [5.74, 6) is 0.815. The lowest BCUT2D eigenvalue weighted by Crippen LogP contribution is -2.47. The number of aromatic nitrogens is 1. The van der Waals surface area contributed by atoms with E-state index in [9.17, 15) is 18.0 Å². The number of nitrogens with zero attached hydrogens (tertiary/aromatic N) is 4. The van der Waals surface area contributed by atoms with E-state index in [0.717, 1.165) is 50.7 Å². The van der Waals surface area contributed by atoms with Crippen LogP contribution in [0.2, 0.25) is 0 Å². The van der Waals surface area contributed by atoms with Gasteiger partial charge in [-0.3, -0.25) is 4.90 Å². The molecule has 39 heavy (non-hydrogen) atoms. The second-order valence-corrected chi connectivity index (χ2v) is 10.7. The van der Waals surface area contributed by atoms with Gasteiger partial charge in [0.15, 0.2) is 0 Å². The summed E-state index contributed by atoms with van der Waals surface area (Å²) < 4.78 is 40.5. The maximum absolute atomic E-state index is 13.5. The monoisotopic (exact) mass is 539 g/mol. The van der Waals surface area contributed by atoms with Crippen LogP contribution in [-0.4, -0.2) is 66.6 Å². The Morgan fingerprint density at radius 2 is 1.67 bits per heavy atom. The highest BCUT2D eigenvalue weighted by Crippen LogP contribution is 2.37. The highest BCUT2D eigenvalue weighted by atomic mass is 19.4. The van der Waals surface area contributed by atoms with Crippen LogP contribution in [0.1, 0.15) is 42.9 Å². The number of benzene rings is 2. The summed E-state index contributed by atoms with van der Waals surface area (Å²) in [6, 6.07) is 18.4. The predicted molar refractivity (Wildman–Crippen MR) is 148 cm³/mol. The van der Waals surface area contributed by atoms with Gasteiger partial charge in [0.1, 0.15) is 5.69 Å². The number of rotatable bonds is 7. The van der Waals surface area contributed by atoms with Crippen LogP contribution in [0, 0.1) is 5.92 Å². The number of hydrogen-bond donors (Lipinski definition) is 1. The molecule has 2 aliphatic heterocycles. The summed E-state index contributed by atoms with van der Waals surface area (Å²) in [4.78, 5) is 21.9. The molecule has 208 valence electrons. The summed E-state index contributed by atoms with van der Waals surface area (Å²) in [6.45, 7) is 5.34. The number of urea groups is 1. The van der Waals surface area contributed by atoms with E-state index in [1.165, 1.54) is 11.6 Å². The lowest BCUT2D eigenvalue weighted by molar-refractivity contribution is -0.140. The summed E-state index contributed by atoms with van der Waals surface area (Å²) in [5.41, 5.74) is 7.07. The van der Waals surface area contributed by atoms with Crippen molar-refractivity contribution in [2.75, 3.05) is 50.7 Å². The number of primary amides is 1. The first-order valence-electron chi connectivity index (χ1n) is 13.8. The standard InChI is InChI=1S/C30H36F3N5O/c31-30(32,33)28-20-27(25-11-4-5-12-26(25)35-28)37-18-16-36(17-19-37)14-7-6-10-23-21-38(29(34)39)15-13-24(23)22-8-2-1-3-9-22/h1-5,8-9,11-12,20,23-24H,6-7,10,13-19,21H2,(H2,34,39). The average molecular weight is 540 g/mol. The molecule has 1 aromatic heterocycles. The maximum atomic E-state index is 13.5. The molecule has 2 unspecified atom stereocenters. The molecule has 2 fully saturated rings. The van der Waals surface area contributed by atoms with Gasteiger partial charge in [-0.05, 0) is 55.3 Å². The third kappa shape index (κ3) is 6.46. The van der Waals surface area contributed by atoms with Crippen LogP contribution in [-0.2, 0) is 6.18 Å². The molecule has 2 aliphatic rings. The van der Waals surface area contributed by atoms with E-state index in [1.54, 1.807) is 17.0 Å². The number of para-hydroxylation sites is 1. The zero-order valence-electron chi connectivity index (χ0n) is 22.1. The molecule has 0 radical (unpaired) electrons. The fourth-order valence-corrected chi connectivity index (χ4v) is 6.18. The largest absolute Gasteiger partial charge is 0.433 e. The molecule has 2 amide bonds. The average Bonchev–Trinajstić information content (AvgIpc) is 2.95. The molecule has 0 bridgehead atoms. The molecular formula is C30H36F3N5O. The Balaban J connectivity index is 1.15. The SMILES string of the molecule is NC(=O)N1CCC(c2ccccc2)C(CCCCN2CCN(c3cc(C(F)(F)F)nc4ccccc34)CC2)C1. The van der Waals surface area contributed by atoms with Crippen LogP contribution in [0.25, 0.3) is 10.9 Å². The third-order valence-corrected chi connectivity index (χ3v) is 8.27. The fourth-order valence-electron chi connectivity index (χ4n) is 6.18. The van der Waals surface area contributed by atoms with Crippen molar-refractivity contribution in [3.63, 3.8) is 0 Å². The van der Waals surface area contributed by atoms with Crippen molar-refractivity contribution in [3.05, 3.63) is 71.9 Å². The highest BCUT2D eigenvalue weighted by molar-refractivity contribution is 5.92. The summed E-state index contributed by atoms with van der Waals surface area (Å²) in [6.07, 6.45) is -0.408. The molecule has 9 heteroatoms. The molecule has 2 aromatic carbocycles. The Labute approximate surface area is 227 Å². The van der Waals surface area contributed by atoms with Gasteiger partial charge in [0.25, 0.3) is 0 Å². The number of hydrogen-bond acceptors (Lipinski definition) is 4. The zero-order valence-corrected chi connectivity index (χ0v) is 22.1. The summed E-state index contributed by atoms with van der Waals surface area (Å²) in [7, 11) is 0. The molecule has 0 aliphatic carbocycles. The number of nitrogens with two attached hydrogens (primary N) is 1. The zero-order chi connectivity index (χ0) is 27.4. The Kier molecular flexibility index (Phi) is 8.26. The molecule has 2 saturated heterocycles. The van der Waals surface area contributed by atoms with Gasteiger partial charge in [-0.1, -0.05) is 55.0 Å².